The lowest BCUT2D eigenvalue weighted by Crippen LogP contribution is -2.45. The number of carboxylic acid groups (broad SMARTS) is 1. The predicted octanol–water partition coefficient (Wildman–Crippen LogP) is 2.89. The standard InChI is InChI=1S/C16H18F3NO3/c17-16(18,19)6-3-7-20-8-12-11-4-1-2-5-13(11)23-10-15(12,9-20)14(21)22/h1-2,4-5,12H,3,6-10H2,(H,21,22)/t12-,15-/m0/s1. The van der Waals surface area contributed by atoms with E-state index in [0.29, 0.717) is 12.3 Å². The van der Waals surface area contributed by atoms with Crippen LogP contribution in [-0.2, 0) is 4.79 Å². The van der Waals surface area contributed by atoms with Gasteiger partial charge in [-0.25, -0.2) is 0 Å². The zero-order valence-corrected chi connectivity index (χ0v) is 12.5. The number of halogens is 3. The number of benzene rings is 1. The predicted molar refractivity (Wildman–Crippen MR) is 76.5 cm³/mol. The summed E-state index contributed by atoms with van der Waals surface area (Å²) in [5.74, 6) is -0.530. The molecule has 7 heteroatoms. The quantitative estimate of drug-likeness (QED) is 0.923. The monoisotopic (exact) mass is 329 g/mol. The minimum Gasteiger partial charge on any atom is -0.492 e. The Morgan fingerprint density at radius 2 is 2.13 bits per heavy atom. The highest BCUT2D eigenvalue weighted by molar-refractivity contribution is 5.78. The summed E-state index contributed by atoms with van der Waals surface area (Å²) >= 11 is 0. The van der Waals surface area contributed by atoms with Gasteiger partial charge in [-0.2, -0.15) is 13.2 Å². The second-order valence-electron chi connectivity index (χ2n) is 6.29. The van der Waals surface area contributed by atoms with Gasteiger partial charge < -0.3 is 14.7 Å². The smallest absolute Gasteiger partial charge is 0.389 e. The highest BCUT2D eigenvalue weighted by Gasteiger charge is 2.56. The summed E-state index contributed by atoms with van der Waals surface area (Å²) in [6.07, 6.45) is -5.04. The minimum atomic E-state index is -4.17. The van der Waals surface area contributed by atoms with E-state index in [4.69, 9.17) is 4.74 Å². The second-order valence-corrected chi connectivity index (χ2v) is 6.29. The van der Waals surface area contributed by atoms with Gasteiger partial charge in [-0.3, -0.25) is 4.79 Å². The van der Waals surface area contributed by atoms with Crippen molar-refractivity contribution in [2.24, 2.45) is 5.41 Å². The van der Waals surface area contributed by atoms with E-state index < -0.39 is 24.0 Å². The molecule has 0 saturated carbocycles. The normalized spacial score (nSPS) is 27.2. The van der Waals surface area contributed by atoms with Crippen LogP contribution in [0.15, 0.2) is 24.3 Å². The summed E-state index contributed by atoms with van der Waals surface area (Å²) < 4.78 is 42.5. The maximum atomic E-state index is 12.3. The van der Waals surface area contributed by atoms with Gasteiger partial charge >= 0.3 is 12.1 Å². The third kappa shape index (κ3) is 3.02. The Hall–Kier alpha value is -1.76. The van der Waals surface area contributed by atoms with Gasteiger partial charge in [0.05, 0.1) is 0 Å². The molecular formula is C16H18F3NO3. The minimum absolute atomic E-state index is 0.0194. The average Bonchev–Trinajstić information content (AvgIpc) is 2.86. The third-order valence-electron chi connectivity index (χ3n) is 4.75. The molecule has 0 aliphatic carbocycles. The van der Waals surface area contributed by atoms with E-state index in [2.05, 4.69) is 0 Å². The molecule has 0 unspecified atom stereocenters. The van der Waals surface area contributed by atoms with E-state index in [1.54, 1.807) is 6.07 Å². The summed E-state index contributed by atoms with van der Waals surface area (Å²) in [6, 6.07) is 7.29. The number of carbonyl (C=O) groups is 1. The van der Waals surface area contributed by atoms with Gasteiger partial charge in [-0.1, -0.05) is 18.2 Å². The first kappa shape index (κ1) is 16.1. The fourth-order valence-corrected chi connectivity index (χ4v) is 3.61. The first-order chi connectivity index (χ1) is 10.8. The van der Waals surface area contributed by atoms with Gasteiger partial charge in [0, 0.05) is 25.4 Å². The van der Waals surface area contributed by atoms with Crippen LogP contribution in [0.4, 0.5) is 13.2 Å². The van der Waals surface area contributed by atoms with Crippen molar-refractivity contribution < 1.29 is 27.8 Å². The van der Waals surface area contributed by atoms with Crippen LogP contribution >= 0.6 is 0 Å². The molecule has 0 bridgehead atoms. The third-order valence-corrected chi connectivity index (χ3v) is 4.75. The Morgan fingerprint density at radius 3 is 2.83 bits per heavy atom. The fraction of sp³-hybridized carbons (Fsp3) is 0.562. The number of nitrogens with zero attached hydrogens (tertiary/aromatic N) is 1. The highest BCUT2D eigenvalue weighted by Crippen LogP contribution is 2.49. The molecule has 2 atom stereocenters. The van der Waals surface area contributed by atoms with Gasteiger partial charge in [0.2, 0.25) is 0 Å². The summed E-state index contributed by atoms with van der Waals surface area (Å²) in [7, 11) is 0. The van der Waals surface area contributed by atoms with Crippen LogP contribution in [-0.4, -0.2) is 48.4 Å². The summed E-state index contributed by atoms with van der Waals surface area (Å²) in [6.45, 7) is 0.969. The number of rotatable bonds is 4. The lowest BCUT2D eigenvalue weighted by molar-refractivity contribution is -0.152. The number of carboxylic acids is 1. The van der Waals surface area contributed by atoms with Gasteiger partial charge in [0.15, 0.2) is 0 Å². The zero-order chi connectivity index (χ0) is 16.7. The molecule has 1 fully saturated rings. The van der Waals surface area contributed by atoms with Crippen molar-refractivity contribution >= 4 is 5.97 Å². The topological polar surface area (TPSA) is 49.8 Å². The maximum absolute atomic E-state index is 12.3. The van der Waals surface area contributed by atoms with Crippen LogP contribution in [0.25, 0.3) is 0 Å². The van der Waals surface area contributed by atoms with Gasteiger partial charge in [-0.15, -0.1) is 0 Å². The van der Waals surface area contributed by atoms with Crippen molar-refractivity contribution in [2.75, 3.05) is 26.2 Å². The molecular weight excluding hydrogens is 311 g/mol. The molecule has 2 heterocycles. The first-order valence-electron chi connectivity index (χ1n) is 7.56. The van der Waals surface area contributed by atoms with Gasteiger partial charge in [0.1, 0.15) is 17.8 Å². The van der Waals surface area contributed by atoms with E-state index in [1.807, 2.05) is 23.1 Å². The van der Waals surface area contributed by atoms with Crippen molar-refractivity contribution in [1.82, 2.24) is 4.90 Å². The maximum Gasteiger partial charge on any atom is 0.389 e. The molecule has 2 aliphatic heterocycles. The number of ether oxygens (including phenoxy) is 1. The number of alkyl halides is 3. The second kappa shape index (κ2) is 5.70. The van der Waals surface area contributed by atoms with Crippen molar-refractivity contribution in [2.45, 2.75) is 24.9 Å². The number of likely N-dealkylation sites (tertiary alicyclic amines) is 1. The summed E-state index contributed by atoms with van der Waals surface area (Å²) in [5.41, 5.74) is -0.244. The van der Waals surface area contributed by atoms with Gasteiger partial charge in [0.25, 0.3) is 0 Å². The molecule has 0 aromatic heterocycles. The fourth-order valence-electron chi connectivity index (χ4n) is 3.61. The summed E-state index contributed by atoms with van der Waals surface area (Å²) in [4.78, 5) is 13.7. The molecule has 1 aromatic rings. The number of hydrogen-bond donors (Lipinski definition) is 1. The van der Waals surface area contributed by atoms with E-state index in [9.17, 15) is 23.1 Å². The number of para-hydroxylation sites is 1. The highest BCUT2D eigenvalue weighted by atomic mass is 19.4. The van der Waals surface area contributed by atoms with Crippen LogP contribution in [0.3, 0.4) is 0 Å². The SMILES string of the molecule is O=C(O)[C@@]12COc3ccccc3[C@@H]1CN(CCCC(F)(F)F)C2. The molecule has 3 rings (SSSR count). The molecule has 1 saturated heterocycles. The zero-order valence-electron chi connectivity index (χ0n) is 12.5. The Labute approximate surface area is 131 Å². The Kier molecular flexibility index (Phi) is 4.00. The largest absolute Gasteiger partial charge is 0.492 e. The molecule has 0 spiro atoms. The van der Waals surface area contributed by atoms with Crippen molar-refractivity contribution in [3.05, 3.63) is 29.8 Å². The first-order valence-corrected chi connectivity index (χ1v) is 7.56. The molecule has 126 valence electrons. The molecule has 23 heavy (non-hydrogen) atoms. The van der Waals surface area contributed by atoms with E-state index >= 15 is 0 Å². The van der Waals surface area contributed by atoms with Crippen LogP contribution < -0.4 is 4.74 Å². The molecule has 1 aromatic carbocycles. The molecule has 4 nitrogen and oxygen atoms in total. The van der Waals surface area contributed by atoms with Crippen LogP contribution in [0.1, 0.15) is 24.3 Å². The van der Waals surface area contributed by atoms with E-state index in [-0.39, 0.29) is 32.0 Å². The molecule has 1 N–H and O–H groups in total. The van der Waals surface area contributed by atoms with Crippen LogP contribution in [0, 0.1) is 5.41 Å². The Balaban J connectivity index is 1.77. The molecule has 0 amide bonds. The number of hydrogen-bond acceptors (Lipinski definition) is 3. The number of aliphatic carboxylic acids is 1. The lowest BCUT2D eigenvalue weighted by atomic mass is 9.73. The van der Waals surface area contributed by atoms with Gasteiger partial charge in [-0.05, 0) is 24.6 Å². The average molecular weight is 329 g/mol. The van der Waals surface area contributed by atoms with Crippen LogP contribution in [0.2, 0.25) is 0 Å². The van der Waals surface area contributed by atoms with E-state index in [1.165, 1.54) is 0 Å². The Morgan fingerprint density at radius 1 is 1.39 bits per heavy atom. The van der Waals surface area contributed by atoms with Crippen LogP contribution in [0.5, 0.6) is 5.75 Å². The molecule has 0 radical (unpaired) electrons. The molecule has 2 aliphatic rings. The summed E-state index contributed by atoms with van der Waals surface area (Å²) in [5, 5.41) is 9.71. The van der Waals surface area contributed by atoms with Crippen molar-refractivity contribution in [3.8, 4) is 5.75 Å². The van der Waals surface area contributed by atoms with E-state index in [0.717, 1.165) is 5.56 Å². The number of fused-ring (bicyclic) bond motifs is 3. The lowest BCUT2D eigenvalue weighted by Gasteiger charge is -2.35. The van der Waals surface area contributed by atoms with Crippen molar-refractivity contribution in [3.63, 3.8) is 0 Å². The Bertz CT molecular complexity index is 604. The van der Waals surface area contributed by atoms with Crippen molar-refractivity contribution in [1.29, 1.82) is 0 Å².